The predicted octanol–water partition coefficient (Wildman–Crippen LogP) is 9.82. The van der Waals surface area contributed by atoms with Crippen molar-refractivity contribution in [1.82, 2.24) is 5.32 Å². The van der Waals surface area contributed by atoms with Crippen molar-refractivity contribution in [2.24, 2.45) is 0 Å². The van der Waals surface area contributed by atoms with Gasteiger partial charge in [0.1, 0.15) is 12.7 Å². The Kier molecular flexibility index (Phi) is 33.8. The first-order chi connectivity index (χ1) is 23.3. The minimum absolute atomic E-state index is 0.0751. The Morgan fingerprint density at radius 3 is 1.69 bits per heavy atom. The van der Waals surface area contributed by atoms with Gasteiger partial charge in [-0.05, 0) is 70.6 Å². The Morgan fingerprint density at radius 1 is 0.646 bits per heavy atom. The number of hydrogen-bond donors (Lipinski definition) is 3. The van der Waals surface area contributed by atoms with E-state index in [4.69, 9.17) is 13.8 Å². The third-order valence-corrected chi connectivity index (χ3v) is 8.78. The van der Waals surface area contributed by atoms with Gasteiger partial charge in [-0.1, -0.05) is 115 Å². The third kappa shape index (κ3) is 35.5. The van der Waals surface area contributed by atoms with E-state index in [1.165, 1.54) is 57.8 Å². The van der Waals surface area contributed by atoms with Crippen LogP contribution >= 0.6 is 7.82 Å². The van der Waals surface area contributed by atoms with Gasteiger partial charge in [0.2, 0.25) is 5.91 Å². The Morgan fingerprint density at radius 2 is 1.12 bits per heavy atom. The number of aliphatic hydroxyl groups is 1. The number of phosphoric acid groups is 1. The van der Waals surface area contributed by atoms with Gasteiger partial charge in [0.25, 0.3) is 0 Å². The second kappa shape index (κ2) is 35.1. The molecule has 0 spiro atoms. The molecule has 0 fully saturated rings. The number of nitrogens with one attached hydrogen (secondary N) is 1. The van der Waals surface area contributed by atoms with E-state index in [1.807, 2.05) is 0 Å². The van der Waals surface area contributed by atoms with E-state index < -0.39 is 26.5 Å². The molecule has 0 aromatic heterocycles. The summed E-state index contributed by atoms with van der Waals surface area (Å²) >= 11 is 0. The van der Waals surface area contributed by atoms with Crippen LogP contribution in [0.15, 0.2) is 36.5 Å². The minimum Gasteiger partial charge on any atom is -0.463 e. The van der Waals surface area contributed by atoms with Gasteiger partial charge in [0.15, 0.2) is 0 Å². The van der Waals surface area contributed by atoms with Gasteiger partial charge in [-0.15, -0.1) is 0 Å². The number of amides is 1. The molecule has 0 rings (SSSR count). The quantitative estimate of drug-likeness (QED) is 0.0258. The van der Waals surface area contributed by atoms with Gasteiger partial charge < -0.3 is 20.1 Å². The standard InChI is InChI=1S/C38H70NO8P/c1-3-5-7-9-11-13-15-17-18-19-21-23-25-27-29-31-38(42)45-34-36(40)35-47-48(43,44)46-33-32-39-37(41)30-28-26-24-22-20-16-14-12-10-8-6-4-2/h11-14,17-18,36,40H,3-10,15-16,19-35H2,1-2H3,(H,39,41)(H,43,44)/b13-11-,14-12-,18-17-. The summed E-state index contributed by atoms with van der Waals surface area (Å²) in [6.45, 7) is 3.46. The van der Waals surface area contributed by atoms with E-state index in [9.17, 15) is 24.2 Å². The largest absolute Gasteiger partial charge is 0.472 e. The van der Waals surface area contributed by atoms with Crippen LogP contribution in [0.2, 0.25) is 0 Å². The Hall–Kier alpha value is -1.77. The van der Waals surface area contributed by atoms with Crippen LogP contribution in [0, 0.1) is 0 Å². The van der Waals surface area contributed by atoms with E-state index in [0.717, 1.165) is 77.0 Å². The number of esters is 1. The van der Waals surface area contributed by atoms with Gasteiger partial charge in [0, 0.05) is 19.4 Å². The predicted molar refractivity (Wildman–Crippen MR) is 197 cm³/mol. The molecule has 0 radical (unpaired) electrons. The zero-order valence-electron chi connectivity index (χ0n) is 30.4. The van der Waals surface area contributed by atoms with Crippen molar-refractivity contribution in [3.63, 3.8) is 0 Å². The molecule has 0 aromatic carbocycles. The molecular weight excluding hydrogens is 629 g/mol. The highest BCUT2D eigenvalue weighted by atomic mass is 31.2. The average Bonchev–Trinajstić information content (AvgIpc) is 3.07. The number of hydrogen-bond acceptors (Lipinski definition) is 7. The van der Waals surface area contributed by atoms with Gasteiger partial charge in [-0.25, -0.2) is 4.57 Å². The Balaban J connectivity index is 3.67. The lowest BCUT2D eigenvalue weighted by Gasteiger charge is -2.15. The first-order valence-corrected chi connectivity index (χ1v) is 20.5. The van der Waals surface area contributed by atoms with Crippen molar-refractivity contribution in [3.8, 4) is 0 Å². The van der Waals surface area contributed by atoms with Gasteiger partial charge >= 0.3 is 13.8 Å². The lowest BCUT2D eigenvalue weighted by atomic mass is 10.1. The first kappa shape index (κ1) is 46.2. The topological polar surface area (TPSA) is 131 Å². The smallest absolute Gasteiger partial charge is 0.463 e. The summed E-state index contributed by atoms with van der Waals surface area (Å²) in [6.07, 6.45) is 36.4. The van der Waals surface area contributed by atoms with E-state index in [2.05, 4.69) is 55.6 Å². The Labute approximate surface area is 293 Å². The highest BCUT2D eigenvalue weighted by Gasteiger charge is 2.23. The molecule has 0 aliphatic rings. The molecular formula is C38H70NO8P. The van der Waals surface area contributed by atoms with Gasteiger partial charge in [-0.2, -0.15) is 0 Å². The number of allylic oxidation sites excluding steroid dienone is 6. The van der Waals surface area contributed by atoms with Crippen LogP contribution in [0.1, 0.15) is 162 Å². The normalized spacial score (nSPS) is 13.8. The molecule has 0 heterocycles. The molecule has 48 heavy (non-hydrogen) atoms. The number of phosphoric ester groups is 1. The number of rotatable bonds is 35. The number of carbonyl (C=O) groups excluding carboxylic acids is 2. The maximum atomic E-state index is 12.0. The molecule has 280 valence electrons. The van der Waals surface area contributed by atoms with Crippen LogP contribution < -0.4 is 5.32 Å². The van der Waals surface area contributed by atoms with Crippen molar-refractivity contribution in [2.45, 2.75) is 168 Å². The van der Waals surface area contributed by atoms with Crippen molar-refractivity contribution < 1.29 is 37.9 Å². The molecule has 2 atom stereocenters. The molecule has 0 aliphatic heterocycles. The average molecular weight is 700 g/mol. The van der Waals surface area contributed by atoms with Gasteiger partial charge in [-0.3, -0.25) is 18.6 Å². The number of carbonyl (C=O) groups is 2. The zero-order valence-corrected chi connectivity index (χ0v) is 31.3. The van der Waals surface area contributed by atoms with Crippen molar-refractivity contribution in [1.29, 1.82) is 0 Å². The fourth-order valence-electron chi connectivity index (χ4n) is 4.87. The summed E-state index contributed by atoms with van der Waals surface area (Å²) in [7, 11) is -4.41. The van der Waals surface area contributed by atoms with Crippen LogP contribution in [-0.4, -0.2) is 54.3 Å². The second-order valence-corrected chi connectivity index (χ2v) is 14.0. The van der Waals surface area contributed by atoms with E-state index in [0.29, 0.717) is 6.42 Å². The van der Waals surface area contributed by atoms with Crippen molar-refractivity contribution >= 4 is 19.7 Å². The van der Waals surface area contributed by atoms with E-state index in [-0.39, 0.29) is 32.1 Å². The van der Waals surface area contributed by atoms with Crippen LogP contribution in [0.4, 0.5) is 0 Å². The monoisotopic (exact) mass is 699 g/mol. The number of ether oxygens (including phenoxy) is 1. The lowest BCUT2D eigenvalue weighted by Crippen LogP contribution is -2.27. The van der Waals surface area contributed by atoms with Crippen molar-refractivity contribution in [2.75, 3.05) is 26.4 Å². The molecule has 9 nitrogen and oxygen atoms in total. The summed E-state index contributed by atoms with van der Waals surface area (Å²) in [5.41, 5.74) is 0. The van der Waals surface area contributed by atoms with Gasteiger partial charge in [0.05, 0.1) is 13.2 Å². The third-order valence-electron chi connectivity index (χ3n) is 7.79. The molecule has 3 N–H and O–H groups in total. The summed E-state index contributed by atoms with van der Waals surface area (Å²) in [5.74, 6) is -0.542. The molecule has 1 amide bonds. The summed E-state index contributed by atoms with van der Waals surface area (Å²) in [5, 5.41) is 12.6. The molecule has 0 bridgehead atoms. The summed E-state index contributed by atoms with van der Waals surface area (Å²) in [6, 6.07) is 0. The molecule has 0 aliphatic carbocycles. The fourth-order valence-corrected chi connectivity index (χ4v) is 5.63. The first-order valence-electron chi connectivity index (χ1n) is 19.0. The maximum Gasteiger partial charge on any atom is 0.472 e. The molecule has 0 saturated carbocycles. The number of aliphatic hydroxyl groups excluding tert-OH is 1. The maximum absolute atomic E-state index is 12.0. The molecule has 0 aromatic rings. The van der Waals surface area contributed by atoms with Crippen molar-refractivity contribution in [3.05, 3.63) is 36.5 Å². The molecule has 0 saturated heterocycles. The van der Waals surface area contributed by atoms with E-state index >= 15 is 0 Å². The number of unbranched alkanes of at least 4 members (excludes halogenated alkanes) is 16. The van der Waals surface area contributed by atoms with Crippen LogP contribution in [0.5, 0.6) is 0 Å². The Bertz CT molecular complexity index is 892. The zero-order chi connectivity index (χ0) is 35.4. The lowest BCUT2D eigenvalue weighted by molar-refractivity contribution is -0.147. The summed E-state index contributed by atoms with van der Waals surface area (Å²) in [4.78, 5) is 33.7. The van der Waals surface area contributed by atoms with Crippen LogP contribution in [0.25, 0.3) is 0 Å². The molecule has 2 unspecified atom stereocenters. The SMILES string of the molecule is CCCCC/C=C\C/C=C\CCCCCCCC(=O)OCC(O)COP(=O)(O)OCCNC(=O)CCCCCCC/C=C\CCCCC. The fraction of sp³-hybridized carbons (Fsp3) is 0.789. The van der Waals surface area contributed by atoms with E-state index in [1.54, 1.807) is 0 Å². The second-order valence-electron chi connectivity index (χ2n) is 12.5. The summed E-state index contributed by atoms with van der Waals surface area (Å²) < 4.78 is 26.7. The minimum atomic E-state index is -4.41. The highest BCUT2D eigenvalue weighted by molar-refractivity contribution is 7.47. The van der Waals surface area contributed by atoms with Crippen LogP contribution in [-0.2, 0) is 27.9 Å². The highest BCUT2D eigenvalue weighted by Crippen LogP contribution is 2.42. The molecule has 10 heteroatoms. The van der Waals surface area contributed by atoms with Crippen LogP contribution in [0.3, 0.4) is 0 Å².